The highest BCUT2D eigenvalue weighted by molar-refractivity contribution is 5.92. The lowest BCUT2D eigenvalue weighted by Crippen LogP contribution is -2.41. The summed E-state index contributed by atoms with van der Waals surface area (Å²) in [5, 5.41) is 20.4. The molecule has 0 aromatic carbocycles. The van der Waals surface area contributed by atoms with E-state index in [4.69, 9.17) is 0 Å². The Morgan fingerprint density at radius 3 is 2.93 bits per heavy atom. The van der Waals surface area contributed by atoms with E-state index in [1.54, 1.807) is 24.1 Å². The fourth-order valence-corrected chi connectivity index (χ4v) is 4.02. The molecule has 3 N–H and O–H groups in total. The van der Waals surface area contributed by atoms with E-state index in [1.807, 2.05) is 11.8 Å². The first kappa shape index (κ1) is 17.7. The number of aromatic nitrogens is 4. The van der Waals surface area contributed by atoms with Gasteiger partial charge >= 0.3 is 0 Å². The largest absolute Gasteiger partial charge is 0.391 e. The van der Waals surface area contributed by atoms with Crippen molar-refractivity contribution in [1.82, 2.24) is 30.0 Å². The number of aromatic amines is 1. The Morgan fingerprint density at radius 1 is 1.37 bits per heavy atom. The molecule has 1 saturated carbocycles. The van der Waals surface area contributed by atoms with Crippen LogP contribution < -0.4 is 5.32 Å². The summed E-state index contributed by atoms with van der Waals surface area (Å²) in [5.74, 6) is -0.581. The van der Waals surface area contributed by atoms with E-state index in [-0.39, 0.29) is 17.7 Å². The van der Waals surface area contributed by atoms with Crippen LogP contribution in [-0.4, -0.2) is 60.3 Å². The molecule has 3 heterocycles. The summed E-state index contributed by atoms with van der Waals surface area (Å²) in [6, 6.07) is -0.440. The van der Waals surface area contributed by atoms with Gasteiger partial charge in [0.25, 0.3) is 5.91 Å². The van der Waals surface area contributed by atoms with E-state index in [2.05, 4.69) is 20.5 Å². The van der Waals surface area contributed by atoms with E-state index in [0.717, 1.165) is 23.4 Å². The third-order valence-corrected chi connectivity index (χ3v) is 5.57. The summed E-state index contributed by atoms with van der Waals surface area (Å²) in [6.07, 6.45) is 3.97. The van der Waals surface area contributed by atoms with Crippen LogP contribution in [-0.2, 0) is 24.8 Å². The molecular formula is C18H24N6O3. The summed E-state index contributed by atoms with van der Waals surface area (Å²) >= 11 is 0. The monoisotopic (exact) mass is 372 g/mol. The van der Waals surface area contributed by atoms with E-state index in [1.165, 1.54) is 0 Å². The minimum Gasteiger partial charge on any atom is -0.391 e. The fourth-order valence-electron chi connectivity index (χ4n) is 4.02. The Balaban J connectivity index is 1.38. The van der Waals surface area contributed by atoms with Gasteiger partial charge in [-0.15, -0.1) is 0 Å². The molecule has 0 saturated heterocycles. The maximum Gasteiger partial charge on any atom is 0.271 e. The van der Waals surface area contributed by atoms with Gasteiger partial charge in [-0.1, -0.05) is 0 Å². The zero-order valence-corrected chi connectivity index (χ0v) is 15.5. The highest BCUT2D eigenvalue weighted by Crippen LogP contribution is 2.30. The third-order valence-electron chi connectivity index (χ3n) is 5.57. The molecule has 1 fully saturated rings. The first-order valence-electron chi connectivity index (χ1n) is 9.20. The Hall–Kier alpha value is -2.68. The molecular weight excluding hydrogens is 348 g/mol. The molecule has 0 unspecified atom stereocenters. The van der Waals surface area contributed by atoms with E-state index >= 15 is 0 Å². The number of amides is 2. The second kappa shape index (κ2) is 6.80. The van der Waals surface area contributed by atoms with Crippen molar-refractivity contribution in [3.63, 3.8) is 0 Å². The fraction of sp³-hybridized carbons (Fsp3) is 0.556. The molecule has 1 aliphatic carbocycles. The van der Waals surface area contributed by atoms with Crippen LogP contribution in [0.3, 0.4) is 0 Å². The summed E-state index contributed by atoms with van der Waals surface area (Å²) in [4.78, 5) is 31.1. The van der Waals surface area contributed by atoms with Crippen molar-refractivity contribution in [1.29, 1.82) is 0 Å². The summed E-state index contributed by atoms with van der Waals surface area (Å²) < 4.78 is 1.69. The van der Waals surface area contributed by atoms with Gasteiger partial charge in [0.2, 0.25) is 5.91 Å². The molecule has 1 aliphatic heterocycles. The van der Waals surface area contributed by atoms with Crippen LogP contribution in [0.2, 0.25) is 0 Å². The molecule has 9 heteroatoms. The molecule has 0 radical (unpaired) electrons. The normalized spacial score (nSPS) is 24.7. The molecule has 9 nitrogen and oxygen atoms in total. The molecule has 2 aliphatic rings. The minimum absolute atomic E-state index is 0.0369. The third kappa shape index (κ3) is 3.34. The van der Waals surface area contributed by atoms with Gasteiger partial charge in [0.1, 0.15) is 5.69 Å². The Bertz CT molecular complexity index is 872. The molecule has 3 atom stereocenters. The van der Waals surface area contributed by atoms with Crippen LogP contribution >= 0.6 is 0 Å². The molecule has 2 aromatic heterocycles. The molecule has 4 rings (SSSR count). The van der Waals surface area contributed by atoms with Crippen LogP contribution in [0.25, 0.3) is 0 Å². The van der Waals surface area contributed by atoms with Crippen molar-refractivity contribution in [3.05, 3.63) is 35.2 Å². The lowest BCUT2D eigenvalue weighted by Gasteiger charge is -2.29. The maximum absolute atomic E-state index is 12.9. The number of hydrogen-bond donors (Lipinski definition) is 3. The first-order chi connectivity index (χ1) is 12.9. The Morgan fingerprint density at radius 2 is 2.19 bits per heavy atom. The number of fused-ring (bicyclic) bond motifs is 1. The molecule has 144 valence electrons. The number of aliphatic hydroxyl groups excluding tert-OH is 1. The summed E-state index contributed by atoms with van der Waals surface area (Å²) in [7, 11) is 1.79. The lowest BCUT2D eigenvalue weighted by molar-refractivity contribution is -0.136. The molecule has 0 spiro atoms. The number of nitrogens with zero attached hydrogens (tertiary/aromatic N) is 4. The first-order valence-corrected chi connectivity index (χ1v) is 9.20. The SMILES string of the molecule is Cc1[nH]nc2c1CN(C(=O)[C@@H]1C[C@@H](O)[C@H](NC(=O)c3cn(C)cn3)C1)CC2. The highest BCUT2D eigenvalue weighted by Gasteiger charge is 2.40. The number of nitrogens with one attached hydrogen (secondary N) is 2. The van der Waals surface area contributed by atoms with Crippen LogP contribution in [0.5, 0.6) is 0 Å². The minimum atomic E-state index is -0.734. The predicted octanol–water partition coefficient (Wildman–Crippen LogP) is -0.0942. The number of aryl methyl sites for hydroxylation is 2. The van der Waals surface area contributed by atoms with Crippen molar-refractivity contribution in [2.45, 2.75) is 44.9 Å². The van der Waals surface area contributed by atoms with Crippen molar-refractivity contribution in [2.75, 3.05) is 6.54 Å². The highest BCUT2D eigenvalue weighted by atomic mass is 16.3. The number of carbonyl (C=O) groups is 2. The van der Waals surface area contributed by atoms with Crippen LogP contribution in [0.4, 0.5) is 0 Å². The molecule has 2 amide bonds. The average molecular weight is 372 g/mol. The number of imidazole rings is 1. The average Bonchev–Trinajstić information content (AvgIpc) is 3.34. The van der Waals surface area contributed by atoms with Gasteiger partial charge in [0.15, 0.2) is 0 Å². The van der Waals surface area contributed by atoms with Gasteiger partial charge in [-0.2, -0.15) is 5.10 Å². The lowest BCUT2D eigenvalue weighted by atomic mass is 10.0. The molecule has 27 heavy (non-hydrogen) atoms. The van der Waals surface area contributed by atoms with Gasteiger partial charge in [-0.25, -0.2) is 4.98 Å². The Kier molecular flexibility index (Phi) is 4.47. The quantitative estimate of drug-likeness (QED) is 0.696. The van der Waals surface area contributed by atoms with Crippen molar-refractivity contribution in [2.24, 2.45) is 13.0 Å². The summed E-state index contributed by atoms with van der Waals surface area (Å²) in [6.45, 7) is 3.14. The summed E-state index contributed by atoms with van der Waals surface area (Å²) in [5.41, 5.74) is 3.42. The number of hydrogen-bond acceptors (Lipinski definition) is 5. The van der Waals surface area contributed by atoms with Crippen LogP contribution in [0, 0.1) is 12.8 Å². The zero-order chi connectivity index (χ0) is 19.1. The van der Waals surface area contributed by atoms with Crippen LogP contribution in [0.15, 0.2) is 12.5 Å². The predicted molar refractivity (Wildman–Crippen MR) is 95.6 cm³/mol. The van der Waals surface area contributed by atoms with Gasteiger partial charge in [-0.05, 0) is 19.8 Å². The van der Waals surface area contributed by atoms with Gasteiger partial charge in [0, 0.05) is 49.9 Å². The van der Waals surface area contributed by atoms with Crippen molar-refractivity contribution >= 4 is 11.8 Å². The van der Waals surface area contributed by atoms with Gasteiger partial charge in [-0.3, -0.25) is 14.7 Å². The second-order valence-electron chi connectivity index (χ2n) is 7.52. The maximum atomic E-state index is 12.9. The van der Waals surface area contributed by atoms with Crippen molar-refractivity contribution < 1.29 is 14.7 Å². The number of carbonyl (C=O) groups excluding carboxylic acids is 2. The van der Waals surface area contributed by atoms with E-state index in [0.29, 0.717) is 31.6 Å². The smallest absolute Gasteiger partial charge is 0.271 e. The molecule has 2 aromatic rings. The van der Waals surface area contributed by atoms with Crippen molar-refractivity contribution in [3.8, 4) is 0 Å². The van der Waals surface area contributed by atoms with Crippen LogP contribution in [0.1, 0.15) is 40.3 Å². The van der Waals surface area contributed by atoms with Gasteiger partial charge < -0.3 is 19.9 Å². The molecule has 0 bridgehead atoms. The number of aliphatic hydroxyl groups is 1. The number of rotatable bonds is 3. The van der Waals surface area contributed by atoms with E-state index < -0.39 is 12.1 Å². The topological polar surface area (TPSA) is 116 Å². The van der Waals surface area contributed by atoms with Gasteiger partial charge in [0.05, 0.1) is 24.2 Å². The van der Waals surface area contributed by atoms with E-state index in [9.17, 15) is 14.7 Å². The standard InChI is InChI=1S/C18H24N6O3/c1-10-12-7-24(4-3-13(12)22-21-10)18(27)11-5-14(16(25)6-11)20-17(26)15-8-23(2)9-19-15/h8-9,11,14,16,25H,3-7H2,1-2H3,(H,20,26)(H,21,22)/t11-,14+,16+/m0/s1. The second-order valence-corrected chi connectivity index (χ2v) is 7.52. The zero-order valence-electron chi connectivity index (χ0n) is 15.5. The number of H-pyrrole nitrogens is 1. The Labute approximate surface area is 156 Å².